The third kappa shape index (κ3) is 3.77. The molecule has 1 aromatic heterocycles. The zero-order valence-electron chi connectivity index (χ0n) is 16.0. The van der Waals surface area contributed by atoms with Crippen molar-refractivity contribution in [3.05, 3.63) is 34.9 Å². The fourth-order valence-corrected chi connectivity index (χ4v) is 3.07. The highest BCUT2D eigenvalue weighted by atomic mass is 16.5. The Bertz CT molecular complexity index is 1030. The number of fused-ring (bicyclic) bond motifs is 1. The molecule has 0 saturated carbocycles. The summed E-state index contributed by atoms with van der Waals surface area (Å²) < 4.78 is 11.3. The number of aliphatic imine (C=N–C) groups is 1. The third-order valence-corrected chi connectivity index (χ3v) is 4.20. The molecule has 10 nitrogen and oxygen atoms in total. The molecule has 1 aliphatic heterocycles. The molecule has 2 heterocycles. The summed E-state index contributed by atoms with van der Waals surface area (Å²) in [5, 5.41) is 23.8. The van der Waals surface area contributed by atoms with Gasteiger partial charge in [-0.15, -0.1) is 0 Å². The number of hydrogen-bond donors (Lipinski definition) is 4. The van der Waals surface area contributed by atoms with E-state index in [4.69, 9.17) is 26.2 Å². The number of nitriles is 2. The van der Waals surface area contributed by atoms with Gasteiger partial charge in [-0.1, -0.05) is 0 Å². The predicted molar refractivity (Wildman–Crippen MR) is 108 cm³/mol. The molecule has 0 radical (unpaired) electrons. The van der Waals surface area contributed by atoms with E-state index >= 15 is 0 Å². The zero-order chi connectivity index (χ0) is 21.0. The summed E-state index contributed by atoms with van der Waals surface area (Å²) in [4.78, 5) is 8.78. The van der Waals surface area contributed by atoms with Crippen molar-refractivity contribution in [3.63, 3.8) is 0 Å². The summed E-state index contributed by atoms with van der Waals surface area (Å²) in [6.45, 7) is 4.70. The van der Waals surface area contributed by atoms with Gasteiger partial charge in [-0.2, -0.15) is 10.5 Å². The Morgan fingerprint density at radius 2 is 1.79 bits per heavy atom. The molecule has 2 aromatic rings. The molecule has 6 N–H and O–H groups in total. The summed E-state index contributed by atoms with van der Waals surface area (Å²) in [5.74, 6) is 1.69. The van der Waals surface area contributed by atoms with E-state index in [1.807, 2.05) is 26.1 Å². The van der Waals surface area contributed by atoms with Crippen molar-refractivity contribution < 1.29 is 9.47 Å². The maximum absolute atomic E-state index is 9.42. The highest BCUT2D eigenvalue weighted by molar-refractivity contribution is 5.98. The second-order valence-corrected chi connectivity index (χ2v) is 6.01. The number of aromatic nitrogens is 1. The minimum Gasteiger partial charge on any atom is -0.494 e. The van der Waals surface area contributed by atoms with Crippen molar-refractivity contribution in [1.82, 2.24) is 10.3 Å². The molecule has 29 heavy (non-hydrogen) atoms. The van der Waals surface area contributed by atoms with Gasteiger partial charge in [-0.25, -0.2) is 9.98 Å². The normalized spacial score (nSPS) is 14.5. The Morgan fingerprint density at radius 3 is 2.34 bits per heavy atom. The van der Waals surface area contributed by atoms with Crippen LogP contribution in [0.1, 0.15) is 36.6 Å². The molecule has 0 spiro atoms. The molecule has 1 aromatic carbocycles. The first-order valence-electron chi connectivity index (χ1n) is 8.91. The first-order valence-corrected chi connectivity index (χ1v) is 8.91. The van der Waals surface area contributed by atoms with Gasteiger partial charge in [0.05, 0.1) is 18.9 Å². The molecule has 1 atom stereocenters. The predicted octanol–water partition coefficient (Wildman–Crippen LogP) is 1.86. The summed E-state index contributed by atoms with van der Waals surface area (Å²) in [7, 11) is 0. The summed E-state index contributed by atoms with van der Waals surface area (Å²) in [5.41, 5.74) is 13.6. The van der Waals surface area contributed by atoms with Crippen LogP contribution in [0.3, 0.4) is 0 Å². The molecule has 0 fully saturated rings. The smallest absolute Gasteiger partial charge is 0.211 e. The Hall–Kier alpha value is -4.18. The third-order valence-electron chi connectivity index (χ3n) is 4.20. The lowest BCUT2D eigenvalue weighted by molar-refractivity contribution is 0.322. The van der Waals surface area contributed by atoms with Crippen LogP contribution in [0.15, 0.2) is 23.2 Å². The number of pyridine rings is 1. The van der Waals surface area contributed by atoms with Crippen LogP contribution in [0.4, 0.5) is 17.3 Å². The van der Waals surface area contributed by atoms with Crippen LogP contribution in [0.25, 0.3) is 0 Å². The summed E-state index contributed by atoms with van der Waals surface area (Å²) in [6, 6.07) is 6.71. The fourth-order valence-electron chi connectivity index (χ4n) is 3.07. The molecular formula is C19H20N8O2. The average molecular weight is 392 g/mol. The van der Waals surface area contributed by atoms with Gasteiger partial charge in [0.15, 0.2) is 6.19 Å². The molecule has 0 amide bonds. The SMILES string of the molecule is CCOc1cc(OCC)cc(C2N=C(NC#N)Nc3nc(N)c(C#N)c(N)c32)c1. The van der Waals surface area contributed by atoms with Gasteiger partial charge in [0.2, 0.25) is 5.96 Å². The number of guanidine groups is 1. The number of nitrogens with two attached hydrogens (primary N) is 2. The largest absolute Gasteiger partial charge is 0.494 e. The quantitative estimate of drug-likeness (QED) is 0.438. The van der Waals surface area contributed by atoms with Crippen LogP contribution in [-0.2, 0) is 0 Å². The Balaban J connectivity index is 2.23. The highest BCUT2D eigenvalue weighted by Crippen LogP contribution is 2.42. The van der Waals surface area contributed by atoms with Crippen molar-refractivity contribution in [1.29, 1.82) is 10.5 Å². The number of nitrogens with one attached hydrogen (secondary N) is 2. The van der Waals surface area contributed by atoms with Gasteiger partial charge >= 0.3 is 0 Å². The Morgan fingerprint density at radius 1 is 1.14 bits per heavy atom. The molecule has 1 aliphatic rings. The van der Waals surface area contributed by atoms with Gasteiger partial charge in [0.25, 0.3) is 0 Å². The van der Waals surface area contributed by atoms with E-state index < -0.39 is 6.04 Å². The number of hydrogen-bond acceptors (Lipinski definition) is 10. The van der Waals surface area contributed by atoms with E-state index in [-0.39, 0.29) is 23.0 Å². The Kier molecular flexibility index (Phi) is 5.56. The number of benzene rings is 1. The molecule has 3 rings (SSSR count). The van der Waals surface area contributed by atoms with Crippen molar-refractivity contribution in [2.24, 2.45) is 4.99 Å². The van der Waals surface area contributed by atoms with Crippen molar-refractivity contribution in [2.75, 3.05) is 30.0 Å². The van der Waals surface area contributed by atoms with Gasteiger partial charge in [0.1, 0.15) is 40.8 Å². The minimum atomic E-state index is -0.665. The van der Waals surface area contributed by atoms with E-state index in [0.29, 0.717) is 41.7 Å². The average Bonchev–Trinajstić information content (AvgIpc) is 2.68. The maximum Gasteiger partial charge on any atom is 0.211 e. The van der Waals surface area contributed by atoms with Gasteiger partial charge in [-0.3, -0.25) is 5.32 Å². The van der Waals surface area contributed by atoms with Crippen LogP contribution in [0, 0.1) is 22.8 Å². The molecule has 0 saturated heterocycles. The molecular weight excluding hydrogens is 372 g/mol. The molecule has 10 heteroatoms. The van der Waals surface area contributed by atoms with Gasteiger partial charge in [0, 0.05) is 11.6 Å². The molecule has 1 unspecified atom stereocenters. The van der Waals surface area contributed by atoms with E-state index in [9.17, 15) is 5.26 Å². The summed E-state index contributed by atoms with van der Waals surface area (Å²) >= 11 is 0. The van der Waals surface area contributed by atoms with Crippen LogP contribution < -0.4 is 31.6 Å². The standard InChI is InChI=1S/C19H20N8O2/c1-3-28-11-5-10(6-12(7-11)29-4-2)16-14-15(22)13(8-20)17(23)26-18(14)27-19(25-16)24-9-21/h5-7,16H,3-4H2,1-2H3,(H6,22,23,24,25,26,27). The first-order chi connectivity index (χ1) is 14.0. The lowest BCUT2D eigenvalue weighted by atomic mass is 9.95. The van der Waals surface area contributed by atoms with Crippen molar-refractivity contribution >= 4 is 23.3 Å². The fraction of sp³-hybridized carbons (Fsp3) is 0.263. The topological polar surface area (TPSA) is 167 Å². The number of anilines is 3. The van der Waals surface area contributed by atoms with Gasteiger partial charge in [-0.05, 0) is 31.5 Å². The monoisotopic (exact) mass is 392 g/mol. The van der Waals surface area contributed by atoms with Crippen LogP contribution >= 0.6 is 0 Å². The highest BCUT2D eigenvalue weighted by Gasteiger charge is 2.30. The molecule has 0 bridgehead atoms. The maximum atomic E-state index is 9.42. The van der Waals surface area contributed by atoms with E-state index in [1.54, 1.807) is 18.2 Å². The van der Waals surface area contributed by atoms with Crippen molar-refractivity contribution in [2.45, 2.75) is 19.9 Å². The van der Waals surface area contributed by atoms with E-state index in [1.165, 1.54) is 0 Å². The number of rotatable bonds is 5. The second-order valence-electron chi connectivity index (χ2n) is 6.01. The number of nitrogen functional groups attached to an aromatic ring is 2. The van der Waals surface area contributed by atoms with Crippen LogP contribution in [0.2, 0.25) is 0 Å². The lowest BCUT2D eigenvalue weighted by Crippen LogP contribution is -2.32. The molecule has 0 aliphatic carbocycles. The number of ether oxygens (including phenoxy) is 2. The lowest BCUT2D eigenvalue weighted by Gasteiger charge is -2.26. The molecule has 148 valence electrons. The first kappa shape index (κ1) is 19.6. The Labute approximate surface area is 167 Å². The van der Waals surface area contributed by atoms with Gasteiger partial charge < -0.3 is 26.3 Å². The minimum absolute atomic E-state index is 0.00807. The second kappa shape index (κ2) is 8.23. The van der Waals surface area contributed by atoms with Crippen LogP contribution in [0.5, 0.6) is 11.5 Å². The number of nitrogens with zero attached hydrogens (tertiary/aromatic N) is 4. The zero-order valence-corrected chi connectivity index (χ0v) is 16.0. The van der Waals surface area contributed by atoms with Crippen LogP contribution in [-0.4, -0.2) is 24.2 Å². The van der Waals surface area contributed by atoms with E-state index in [2.05, 4.69) is 20.6 Å². The van der Waals surface area contributed by atoms with E-state index in [0.717, 1.165) is 0 Å². The summed E-state index contributed by atoms with van der Waals surface area (Å²) in [6.07, 6.45) is 1.82. The van der Waals surface area contributed by atoms with Crippen molar-refractivity contribution in [3.8, 4) is 23.8 Å².